The highest BCUT2D eigenvalue weighted by atomic mass is 16.6. The van der Waals surface area contributed by atoms with Crippen LogP contribution in [0, 0.1) is 0 Å². The van der Waals surface area contributed by atoms with Gasteiger partial charge in [0.1, 0.15) is 17.3 Å². The predicted molar refractivity (Wildman–Crippen MR) is 129 cm³/mol. The fraction of sp³-hybridized carbons (Fsp3) is 0.500. The molecule has 0 radical (unpaired) electrons. The van der Waals surface area contributed by atoms with Gasteiger partial charge in [0.25, 0.3) is 0 Å². The molecule has 3 N–H and O–H groups in total. The van der Waals surface area contributed by atoms with E-state index in [0.717, 1.165) is 62.2 Å². The number of cyclic esters (lactones) is 1. The standard InChI is InChI=1S/C26H33N5O2/c1-26(2)22(18-7-4-3-5-8-18)31(25(32)33-26)20-11-9-17(10-12-20)19-15-21(23(27)30-16-19)24-28-13-6-14-29-24/h3-5,7-8,15-17,20,22H,6,9-14H2,1-2H3,(H2,27,30)(H,28,29)/t17?,20?,22-/m0/s1. The van der Waals surface area contributed by atoms with Crippen molar-refractivity contribution in [2.75, 3.05) is 18.8 Å². The van der Waals surface area contributed by atoms with Crippen molar-refractivity contribution < 1.29 is 9.53 Å². The van der Waals surface area contributed by atoms with Crippen molar-refractivity contribution in [1.82, 2.24) is 15.2 Å². The van der Waals surface area contributed by atoms with Gasteiger partial charge in [0, 0.05) is 25.3 Å². The first-order valence-electron chi connectivity index (χ1n) is 12.0. The van der Waals surface area contributed by atoms with Crippen LogP contribution in [0.4, 0.5) is 10.6 Å². The second-order valence-electron chi connectivity index (χ2n) is 9.91. The zero-order chi connectivity index (χ0) is 23.0. The number of ether oxygens (including phenoxy) is 1. The zero-order valence-corrected chi connectivity index (χ0v) is 19.5. The number of aliphatic imine (C=N–C) groups is 1. The number of rotatable bonds is 4. The van der Waals surface area contributed by atoms with E-state index in [0.29, 0.717) is 11.7 Å². The molecule has 3 heterocycles. The molecule has 0 spiro atoms. The number of carbonyl (C=O) groups is 1. The number of benzene rings is 1. The Labute approximate surface area is 195 Å². The van der Waals surface area contributed by atoms with Gasteiger partial charge in [-0.2, -0.15) is 0 Å². The Hall–Kier alpha value is -3.09. The molecule has 1 amide bonds. The minimum atomic E-state index is -0.557. The van der Waals surface area contributed by atoms with E-state index in [2.05, 4.69) is 33.5 Å². The molecule has 1 aromatic heterocycles. The molecule has 2 aromatic rings. The summed E-state index contributed by atoms with van der Waals surface area (Å²) >= 11 is 0. The first-order valence-corrected chi connectivity index (χ1v) is 12.0. The molecule has 7 heteroatoms. The number of anilines is 1. The first kappa shape index (κ1) is 21.7. The Morgan fingerprint density at radius 1 is 1.12 bits per heavy atom. The zero-order valence-electron chi connectivity index (χ0n) is 19.5. The number of carbonyl (C=O) groups excluding carboxylic acids is 1. The van der Waals surface area contributed by atoms with Crippen molar-refractivity contribution in [3.05, 3.63) is 59.3 Å². The maximum absolute atomic E-state index is 12.9. The van der Waals surface area contributed by atoms with E-state index in [1.807, 2.05) is 43.1 Å². The number of aromatic nitrogens is 1. The van der Waals surface area contributed by atoms with Gasteiger partial charge in [0.15, 0.2) is 0 Å². The third kappa shape index (κ3) is 4.16. The fourth-order valence-corrected chi connectivity index (χ4v) is 5.64. The second kappa shape index (κ2) is 8.69. The van der Waals surface area contributed by atoms with Gasteiger partial charge in [-0.15, -0.1) is 0 Å². The molecule has 0 bridgehead atoms. The van der Waals surface area contributed by atoms with E-state index >= 15 is 0 Å². The molecule has 7 nitrogen and oxygen atoms in total. The van der Waals surface area contributed by atoms with Gasteiger partial charge in [0.05, 0.1) is 11.6 Å². The summed E-state index contributed by atoms with van der Waals surface area (Å²) in [5.41, 5.74) is 8.86. The van der Waals surface area contributed by atoms with Gasteiger partial charge in [-0.3, -0.25) is 9.89 Å². The Morgan fingerprint density at radius 2 is 1.88 bits per heavy atom. The lowest BCUT2D eigenvalue weighted by Crippen LogP contribution is -2.42. The van der Waals surface area contributed by atoms with Crippen LogP contribution in [0.15, 0.2) is 47.6 Å². The number of amidine groups is 1. The summed E-state index contributed by atoms with van der Waals surface area (Å²) in [6, 6.07) is 12.5. The Morgan fingerprint density at radius 3 is 2.58 bits per heavy atom. The van der Waals surface area contributed by atoms with E-state index in [9.17, 15) is 4.79 Å². The SMILES string of the molecule is CC1(C)OC(=O)N(C2CCC(c3cnc(N)c(C4=NCCCN4)c3)CC2)[C@H]1c1ccccc1. The van der Waals surface area contributed by atoms with E-state index < -0.39 is 5.60 Å². The molecule has 33 heavy (non-hydrogen) atoms. The van der Waals surface area contributed by atoms with Gasteiger partial charge in [-0.05, 0) is 69.1 Å². The predicted octanol–water partition coefficient (Wildman–Crippen LogP) is 4.40. The highest BCUT2D eigenvalue weighted by molar-refractivity contribution is 6.02. The lowest BCUT2D eigenvalue weighted by molar-refractivity contribution is 0.0664. The summed E-state index contributed by atoms with van der Waals surface area (Å²) in [6.45, 7) is 5.76. The van der Waals surface area contributed by atoms with Gasteiger partial charge in [-0.25, -0.2) is 9.78 Å². The number of nitrogens with two attached hydrogens (primary N) is 1. The van der Waals surface area contributed by atoms with Crippen molar-refractivity contribution in [3.63, 3.8) is 0 Å². The van der Waals surface area contributed by atoms with Crippen LogP contribution < -0.4 is 11.1 Å². The number of hydrogen-bond donors (Lipinski definition) is 2. The number of nitrogen functional groups attached to an aromatic ring is 1. The van der Waals surface area contributed by atoms with Crippen molar-refractivity contribution in [2.24, 2.45) is 4.99 Å². The number of pyridine rings is 1. The number of nitrogens with zero attached hydrogens (tertiary/aromatic N) is 3. The molecule has 2 aliphatic heterocycles. The lowest BCUT2D eigenvalue weighted by Gasteiger charge is -2.38. The Kier molecular flexibility index (Phi) is 5.72. The Bertz CT molecular complexity index is 1040. The molecule has 1 saturated heterocycles. The number of nitrogens with one attached hydrogen (secondary N) is 1. The molecular formula is C26H33N5O2. The molecule has 5 rings (SSSR count). The molecule has 174 valence electrons. The normalized spacial score (nSPS) is 27.0. The molecule has 1 aliphatic carbocycles. The highest BCUT2D eigenvalue weighted by Crippen LogP contribution is 2.46. The summed E-state index contributed by atoms with van der Waals surface area (Å²) in [5.74, 6) is 1.78. The van der Waals surface area contributed by atoms with Gasteiger partial charge in [0.2, 0.25) is 0 Å². The third-order valence-electron chi connectivity index (χ3n) is 7.27. The van der Waals surface area contributed by atoms with Crippen LogP contribution in [0.2, 0.25) is 0 Å². The van der Waals surface area contributed by atoms with E-state index in [1.54, 1.807) is 0 Å². The monoisotopic (exact) mass is 447 g/mol. The number of hydrogen-bond acceptors (Lipinski definition) is 6. The van der Waals surface area contributed by atoms with Crippen LogP contribution in [0.5, 0.6) is 0 Å². The summed E-state index contributed by atoms with van der Waals surface area (Å²) in [6.07, 6.45) is 6.64. The molecule has 0 unspecified atom stereocenters. The second-order valence-corrected chi connectivity index (χ2v) is 9.91. The van der Waals surface area contributed by atoms with Crippen LogP contribution in [-0.4, -0.2) is 46.5 Å². The van der Waals surface area contributed by atoms with E-state index in [4.69, 9.17) is 10.5 Å². The third-order valence-corrected chi connectivity index (χ3v) is 7.27. The number of amides is 1. The van der Waals surface area contributed by atoms with Gasteiger partial charge >= 0.3 is 6.09 Å². The average molecular weight is 448 g/mol. The quantitative estimate of drug-likeness (QED) is 0.725. The van der Waals surface area contributed by atoms with Crippen LogP contribution in [-0.2, 0) is 4.74 Å². The summed E-state index contributed by atoms with van der Waals surface area (Å²) in [4.78, 5) is 24.0. The largest absolute Gasteiger partial charge is 0.441 e. The van der Waals surface area contributed by atoms with Crippen LogP contribution in [0.25, 0.3) is 0 Å². The van der Waals surface area contributed by atoms with Crippen molar-refractivity contribution >= 4 is 17.7 Å². The summed E-state index contributed by atoms with van der Waals surface area (Å²) in [5, 5.41) is 3.36. The fourth-order valence-electron chi connectivity index (χ4n) is 5.64. The molecule has 1 atom stereocenters. The van der Waals surface area contributed by atoms with E-state index in [-0.39, 0.29) is 18.2 Å². The topological polar surface area (TPSA) is 92.8 Å². The van der Waals surface area contributed by atoms with Crippen LogP contribution in [0.3, 0.4) is 0 Å². The van der Waals surface area contributed by atoms with Crippen molar-refractivity contribution in [1.29, 1.82) is 0 Å². The van der Waals surface area contributed by atoms with E-state index in [1.165, 1.54) is 5.56 Å². The maximum Gasteiger partial charge on any atom is 0.411 e. The molecule has 1 aromatic carbocycles. The van der Waals surface area contributed by atoms with Gasteiger partial charge < -0.3 is 15.8 Å². The molecule has 3 aliphatic rings. The molecule has 2 fully saturated rings. The molecule has 1 saturated carbocycles. The smallest absolute Gasteiger partial charge is 0.411 e. The molecular weight excluding hydrogens is 414 g/mol. The first-order chi connectivity index (χ1) is 15.9. The minimum Gasteiger partial charge on any atom is -0.441 e. The van der Waals surface area contributed by atoms with Gasteiger partial charge in [-0.1, -0.05) is 30.3 Å². The lowest BCUT2D eigenvalue weighted by atomic mass is 9.80. The van der Waals surface area contributed by atoms with Crippen LogP contribution in [0.1, 0.15) is 74.6 Å². The van der Waals surface area contributed by atoms with Crippen molar-refractivity contribution in [3.8, 4) is 0 Å². The van der Waals surface area contributed by atoms with Crippen molar-refractivity contribution in [2.45, 2.75) is 69.6 Å². The summed E-state index contributed by atoms with van der Waals surface area (Å²) in [7, 11) is 0. The average Bonchev–Trinajstić information content (AvgIpc) is 3.08. The Balaban J connectivity index is 1.33. The maximum atomic E-state index is 12.9. The van der Waals surface area contributed by atoms with Crippen LogP contribution >= 0.6 is 0 Å². The highest BCUT2D eigenvalue weighted by Gasteiger charge is 2.51. The minimum absolute atomic E-state index is 0.0760. The summed E-state index contributed by atoms with van der Waals surface area (Å²) < 4.78 is 5.83.